The number of hydrogen-bond donors (Lipinski definition) is 1. The SMILES string of the molecule is CCNc1nc(Cc2ccc(F)cc2)nc(CC)c1I. The van der Waals surface area contributed by atoms with Crippen molar-refractivity contribution in [2.75, 3.05) is 11.9 Å². The van der Waals surface area contributed by atoms with Gasteiger partial charge in [0.2, 0.25) is 0 Å². The Bertz CT molecular complexity index is 584. The number of rotatable bonds is 5. The molecule has 1 N–H and O–H groups in total. The van der Waals surface area contributed by atoms with Crippen LogP contribution in [-0.4, -0.2) is 16.5 Å². The van der Waals surface area contributed by atoms with E-state index in [0.717, 1.165) is 39.4 Å². The van der Waals surface area contributed by atoms with Crippen molar-refractivity contribution < 1.29 is 4.39 Å². The molecule has 106 valence electrons. The standard InChI is InChI=1S/C15H17FIN3/c1-3-12-14(17)15(18-4-2)20-13(19-12)9-10-5-7-11(16)8-6-10/h5-8H,3-4,9H2,1-2H3,(H,18,19,20). The molecule has 1 heterocycles. The maximum atomic E-state index is 12.9. The lowest BCUT2D eigenvalue weighted by atomic mass is 10.1. The molecule has 20 heavy (non-hydrogen) atoms. The van der Waals surface area contributed by atoms with E-state index in [1.165, 1.54) is 12.1 Å². The van der Waals surface area contributed by atoms with Crippen LogP contribution in [0.2, 0.25) is 0 Å². The molecule has 1 aromatic carbocycles. The third-order valence-electron chi connectivity index (χ3n) is 2.92. The van der Waals surface area contributed by atoms with Gasteiger partial charge in [-0.15, -0.1) is 0 Å². The summed E-state index contributed by atoms with van der Waals surface area (Å²) in [5.74, 6) is 1.43. The highest BCUT2D eigenvalue weighted by Gasteiger charge is 2.11. The van der Waals surface area contributed by atoms with Crippen LogP contribution in [0.5, 0.6) is 0 Å². The molecule has 0 bridgehead atoms. The minimum Gasteiger partial charge on any atom is -0.369 e. The molecular formula is C15H17FIN3. The zero-order chi connectivity index (χ0) is 14.5. The molecule has 2 rings (SSSR count). The Kier molecular flexibility index (Phi) is 5.28. The molecule has 0 fully saturated rings. The summed E-state index contributed by atoms with van der Waals surface area (Å²) in [4.78, 5) is 9.16. The van der Waals surface area contributed by atoms with Gasteiger partial charge in [-0.05, 0) is 53.6 Å². The number of anilines is 1. The van der Waals surface area contributed by atoms with Gasteiger partial charge in [0.25, 0.3) is 0 Å². The van der Waals surface area contributed by atoms with Crippen molar-refractivity contribution in [3.63, 3.8) is 0 Å². The number of hydrogen-bond acceptors (Lipinski definition) is 3. The molecule has 0 aliphatic carbocycles. The highest BCUT2D eigenvalue weighted by atomic mass is 127. The van der Waals surface area contributed by atoms with Crippen molar-refractivity contribution in [2.24, 2.45) is 0 Å². The Morgan fingerprint density at radius 1 is 1.15 bits per heavy atom. The predicted molar refractivity (Wildman–Crippen MR) is 87.5 cm³/mol. The van der Waals surface area contributed by atoms with Gasteiger partial charge in [-0.3, -0.25) is 0 Å². The van der Waals surface area contributed by atoms with Crippen molar-refractivity contribution in [1.29, 1.82) is 0 Å². The monoisotopic (exact) mass is 385 g/mol. The van der Waals surface area contributed by atoms with Crippen LogP contribution in [0.3, 0.4) is 0 Å². The molecule has 0 aliphatic heterocycles. The first kappa shape index (κ1) is 15.2. The highest BCUT2D eigenvalue weighted by molar-refractivity contribution is 14.1. The zero-order valence-electron chi connectivity index (χ0n) is 11.6. The van der Waals surface area contributed by atoms with E-state index in [9.17, 15) is 4.39 Å². The summed E-state index contributed by atoms with van der Waals surface area (Å²) in [7, 11) is 0. The fourth-order valence-corrected chi connectivity index (χ4v) is 2.74. The number of aromatic nitrogens is 2. The molecule has 0 saturated heterocycles. The normalized spacial score (nSPS) is 10.6. The summed E-state index contributed by atoms with van der Waals surface area (Å²) in [6.45, 7) is 4.96. The van der Waals surface area contributed by atoms with Gasteiger partial charge in [-0.1, -0.05) is 19.1 Å². The van der Waals surface area contributed by atoms with Crippen LogP contribution >= 0.6 is 22.6 Å². The second kappa shape index (κ2) is 6.97. The van der Waals surface area contributed by atoms with Crippen molar-refractivity contribution in [2.45, 2.75) is 26.7 Å². The van der Waals surface area contributed by atoms with Crippen LogP contribution in [-0.2, 0) is 12.8 Å². The molecule has 2 aromatic rings. The van der Waals surface area contributed by atoms with Gasteiger partial charge >= 0.3 is 0 Å². The van der Waals surface area contributed by atoms with E-state index in [4.69, 9.17) is 0 Å². The average Bonchev–Trinajstić information content (AvgIpc) is 2.45. The van der Waals surface area contributed by atoms with Gasteiger partial charge in [0, 0.05) is 13.0 Å². The number of aryl methyl sites for hydroxylation is 1. The topological polar surface area (TPSA) is 37.8 Å². The highest BCUT2D eigenvalue weighted by Crippen LogP contribution is 2.20. The molecule has 5 heteroatoms. The fraction of sp³-hybridized carbons (Fsp3) is 0.333. The Balaban J connectivity index is 2.31. The van der Waals surface area contributed by atoms with E-state index >= 15 is 0 Å². The Morgan fingerprint density at radius 3 is 2.45 bits per heavy atom. The van der Waals surface area contributed by atoms with Crippen LogP contribution in [0.15, 0.2) is 24.3 Å². The molecule has 0 atom stereocenters. The van der Waals surface area contributed by atoms with Gasteiger partial charge in [-0.25, -0.2) is 14.4 Å². The van der Waals surface area contributed by atoms with Crippen molar-refractivity contribution in [1.82, 2.24) is 9.97 Å². The lowest BCUT2D eigenvalue weighted by Gasteiger charge is -2.11. The van der Waals surface area contributed by atoms with Crippen LogP contribution in [0, 0.1) is 9.39 Å². The Morgan fingerprint density at radius 2 is 1.85 bits per heavy atom. The maximum Gasteiger partial charge on any atom is 0.143 e. The summed E-state index contributed by atoms with van der Waals surface area (Å²) in [5, 5.41) is 3.27. The first-order valence-corrected chi connectivity index (χ1v) is 7.75. The Hall–Kier alpha value is -1.24. The van der Waals surface area contributed by atoms with Gasteiger partial charge in [0.1, 0.15) is 17.5 Å². The van der Waals surface area contributed by atoms with Gasteiger partial charge in [0.05, 0.1) is 9.26 Å². The minimum absolute atomic E-state index is 0.222. The summed E-state index contributed by atoms with van der Waals surface area (Å²) in [5.41, 5.74) is 2.06. The molecule has 0 unspecified atom stereocenters. The summed E-state index contributed by atoms with van der Waals surface area (Å²) in [6.07, 6.45) is 1.48. The number of halogens is 2. The fourth-order valence-electron chi connectivity index (χ4n) is 1.93. The van der Waals surface area contributed by atoms with E-state index in [1.807, 2.05) is 6.92 Å². The van der Waals surface area contributed by atoms with Crippen molar-refractivity contribution in [3.05, 3.63) is 50.7 Å². The molecule has 3 nitrogen and oxygen atoms in total. The lowest BCUT2D eigenvalue weighted by molar-refractivity contribution is 0.627. The van der Waals surface area contributed by atoms with Crippen LogP contribution < -0.4 is 5.32 Å². The quantitative estimate of drug-likeness (QED) is 0.796. The average molecular weight is 385 g/mol. The molecule has 0 aliphatic rings. The second-order valence-corrected chi connectivity index (χ2v) is 5.51. The van der Waals surface area contributed by atoms with E-state index < -0.39 is 0 Å². The van der Waals surface area contributed by atoms with Crippen molar-refractivity contribution >= 4 is 28.4 Å². The molecule has 0 saturated carbocycles. The molecule has 1 aromatic heterocycles. The first-order chi connectivity index (χ1) is 9.63. The van der Waals surface area contributed by atoms with Gasteiger partial charge in [0.15, 0.2) is 0 Å². The zero-order valence-corrected chi connectivity index (χ0v) is 13.7. The molecular weight excluding hydrogens is 368 g/mol. The summed E-state index contributed by atoms with van der Waals surface area (Å²) in [6, 6.07) is 6.48. The number of nitrogens with one attached hydrogen (secondary N) is 1. The first-order valence-electron chi connectivity index (χ1n) is 6.67. The maximum absolute atomic E-state index is 12.9. The number of benzene rings is 1. The van der Waals surface area contributed by atoms with Gasteiger partial charge < -0.3 is 5.32 Å². The smallest absolute Gasteiger partial charge is 0.143 e. The number of nitrogens with zero attached hydrogens (tertiary/aromatic N) is 2. The van der Waals surface area contributed by atoms with Gasteiger partial charge in [-0.2, -0.15) is 0 Å². The molecule has 0 radical (unpaired) electrons. The largest absolute Gasteiger partial charge is 0.369 e. The van der Waals surface area contributed by atoms with E-state index in [1.54, 1.807) is 12.1 Å². The minimum atomic E-state index is -0.222. The summed E-state index contributed by atoms with van der Waals surface area (Å²) < 4.78 is 14.0. The predicted octanol–water partition coefficient (Wildman–Crippen LogP) is 3.81. The van der Waals surface area contributed by atoms with Crippen molar-refractivity contribution in [3.8, 4) is 0 Å². The summed E-state index contributed by atoms with van der Waals surface area (Å²) >= 11 is 2.28. The van der Waals surface area contributed by atoms with Crippen LogP contribution in [0.1, 0.15) is 30.9 Å². The van der Waals surface area contributed by atoms with E-state index in [0.29, 0.717) is 6.42 Å². The van der Waals surface area contributed by atoms with E-state index in [2.05, 4.69) is 44.8 Å². The molecule has 0 amide bonds. The second-order valence-electron chi connectivity index (χ2n) is 4.44. The Labute approximate surface area is 132 Å². The third-order valence-corrected chi connectivity index (χ3v) is 4.05. The van der Waals surface area contributed by atoms with E-state index in [-0.39, 0.29) is 5.82 Å². The van der Waals surface area contributed by atoms with Crippen LogP contribution in [0.25, 0.3) is 0 Å². The lowest BCUT2D eigenvalue weighted by Crippen LogP contribution is -2.09. The third kappa shape index (κ3) is 3.65. The molecule has 0 spiro atoms. The van der Waals surface area contributed by atoms with Crippen LogP contribution in [0.4, 0.5) is 10.2 Å².